The largest absolute Gasteiger partial charge is 0.756 e. The maximum atomic E-state index is 12.8. The molecule has 0 bridgehead atoms. The summed E-state index contributed by atoms with van der Waals surface area (Å²) < 4.78 is 64.9. The van der Waals surface area contributed by atoms with Crippen LogP contribution in [0.15, 0.2) is 82.5 Å². The van der Waals surface area contributed by atoms with Gasteiger partial charge in [-0.05, 0) is 30.7 Å². The minimum absolute atomic E-state index is 0.0318. The predicted molar refractivity (Wildman–Crippen MR) is 148 cm³/mol. The van der Waals surface area contributed by atoms with Crippen LogP contribution in [0.3, 0.4) is 0 Å². The number of phosphoric ester groups is 2. The molecule has 46 heavy (non-hydrogen) atoms. The first kappa shape index (κ1) is 34.7. The summed E-state index contributed by atoms with van der Waals surface area (Å²) in [7, 11) is -11.0. The fourth-order valence-corrected chi connectivity index (χ4v) is 6.03. The smallest absolute Gasteiger partial charge is 0.514 e. The Kier molecular flexibility index (Phi) is 11.7. The van der Waals surface area contributed by atoms with E-state index in [1.54, 1.807) is 43.3 Å². The molecule has 18 nitrogen and oxygen atoms in total. The summed E-state index contributed by atoms with van der Waals surface area (Å²) in [6.45, 7) is 0.0750. The molecule has 0 spiro atoms. The molecule has 1 saturated heterocycles. The molecule has 0 aliphatic carbocycles. The molecule has 20 heteroatoms. The molecular weight excluding hydrogens is 658 g/mol. The van der Waals surface area contributed by atoms with Crippen LogP contribution < -0.4 is 30.5 Å². The maximum Gasteiger partial charge on any atom is 0.514 e. The quantitative estimate of drug-likeness (QED) is 0.154. The Morgan fingerprint density at radius 2 is 1.39 bits per heavy atom. The summed E-state index contributed by atoms with van der Waals surface area (Å²) in [6, 6.07) is 16.1. The van der Waals surface area contributed by atoms with Crippen molar-refractivity contribution >= 4 is 28.0 Å². The van der Waals surface area contributed by atoms with Crippen LogP contribution in [0.1, 0.15) is 19.6 Å². The second kappa shape index (κ2) is 15.4. The number of nitrogens with one attached hydrogen (secondary N) is 1. The summed E-state index contributed by atoms with van der Waals surface area (Å²) >= 11 is 0. The molecule has 3 unspecified atom stereocenters. The third-order valence-corrected chi connectivity index (χ3v) is 8.38. The Hall–Kier alpha value is -4.12. The summed E-state index contributed by atoms with van der Waals surface area (Å²) in [4.78, 5) is 76.3. The van der Waals surface area contributed by atoms with Gasteiger partial charge in [-0.3, -0.25) is 23.5 Å². The van der Waals surface area contributed by atoms with Crippen LogP contribution in [-0.4, -0.2) is 53.4 Å². The fourth-order valence-electron chi connectivity index (χ4n) is 3.94. The summed E-state index contributed by atoms with van der Waals surface area (Å²) in [6.07, 6.45) is -8.59. The number of rotatable bonds is 13. The second-order valence-corrected chi connectivity index (χ2v) is 12.1. The maximum absolute atomic E-state index is 12.8. The Morgan fingerprint density at radius 1 is 0.848 bits per heavy atom. The topological polar surface area (TPSA) is 243 Å². The Bertz CT molecular complexity index is 1700. The number of para-hydroxylation sites is 2. The zero-order valence-corrected chi connectivity index (χ0v) is 25.5. The number of H-pyrrole nitrogens is 1. The lowest BCUT2D eigenvalue weighted by atomic mass is 10.1. The molecule has 1 aromatic heterocycles. The van der Waals surface area contributed by atoms with Crippen molar-refractivity contribution in [3.63, 3.8) is 0 Å². The average molecular weight is 684 g/mol. The molecule has 0 saturated carbocycles. The van der Waals surface area contributed by atoms with Crippen LogP contribution in [0.5, 0.6) is 11.5 Å². The van der Waals surface area contributed by atoms with Crippen LogP contribution in [0, 0.1) is 0 Å². The Morgan fingerprint density at radius 3 is 1.93 bits per heavy atom. The van der Waals surface area contributed by atoms with Gasteiger partial charge in [0, 0.05) is 12.3 Å². The van der Waals surface area contributed by atoms with Crippen LogP contribution >= 0.6 is 15.6 Å². The molecule has 3 aromatic rings. The van der Waals surface area contributed by atoms with Crippen molar-refractivity contribution in [1.82, 2.24) is 9.55 Å². The number of nitrogens with zero attached hydrogens (tertiary/aromatic N) is 1. The highest BCUT2D eigenvalue weighted by atomic mass is 31.3. The van der Waals surface area contributed by atoms with Crippen molar-refractivity contribution in [3.8, 4) is 11.5 Å². The highest BCUT2D eigenvalue weighted by molar-refractivity contribution is 7.59. The fraction of sp³-hybridized carbons (Fsp3) is 0.308. The van der Waals surface area contributed by atoms with Crippen LogP contribution in [-0.2, 0) is 36.7 Å². The predicted octanol–water partition coefficient (Wildman–Crippen LogP) is 2.00. The van der Waals surface area contributed by atoms with Crippen molar-refractivity contribution in [1.29, 1.82) is 0 Å². The first-order valence-corrected chi connectivity index (χ1v) is 16.2. The van der Waals surface area contributed by atoms with E-state index >= 15 is 0 Å². The lowest BCUT2D eigenvalue weighted by Crippen LogP contribution is -2.43. The van der Waals surface area contributed by atoms with E-state index in [4.69, 9.17) is 28.2 Å². The molecule has 2 aromatic carbocycles. The molecule has 2 heterocycles. The number of carbonyl (C=O) groups is 2. The molecule has 0 amide bonds. The van der Waals surface area contributed by atoms with E-state index in [0.29, 0.717) is 0 Å². The third kappa shape index (κ3) is 9.94. The van der Waals surface area contributed by atoms with Gasteiger partial charge in [-0.1, -0.05) is 43.3 Å². The van der Waals surface area contributed by atoms with Gasteiger partial charge in [0.1, 0.15) is 17.6 Å². The van der Waals surface area contributed by atoms with Crippen molar-refractivity contribution in [2.24, 2.45) is 0 Å². The van der Waals surface area contributed by atoms with Gasteiger partial charge in [-0.25, -0.2) is 18.7 Å². The van der Waals surface area contributed by atoms with E-state index in [1.165, 1.54) is 24.3 Å². The van der Waals surface area contributed by atoms with Crippen molar-refractivity contribution in [2.75, 3.05) is 13.2 Å². The lowest BCUT2D eigenvalue weighted by molar-refractivity contribution is -0.245. The molecule has 1 aliphatic rings. The number of aromatic nitrogens is 2. The van der Waals surface area contributed by atoms with E-state index in [0.717, 1.165) is 16.8 Å². The Labute approximate surface area is 259 Å². The zero-order chi connectivity index (χ0) is 33.3. The average Bonchev–Trinajstić information content (AvgIpc) is 3.31. The number of hydrogen-bond donors (Lipinski definition) is 1. The van der Waals surface area contributed by atoms with Gasteiger partial charge in [-0.15, -0.1) is 0 Å². The van der Waals surface area contributed by atoms with E-state index < -0.39 is 70.4 Å². The molecule has 6 atom stereocenters. The second-order valence-electron chi connectivity index (χ2n) is 9.18. The van der Waals surface area contributed by atoms with Crippen LogP contribution in [0.4, 0.5) is 9.59 Å². The van der Waals surface area contributed by atoms with E-state index in [-0.39, 0.29) is 24.5 Å². The highest BCUT2D eigenvalue weighted by Crippen LogP contribution is 2.55. The summed E-state index contributed by atoms with van der Waals surface area (Å²) in [5.74, 6) is 0.0751. The monoisotopic (exact) mass is 684 g/mol. The van der Waals surface area contributed by atoms with Crippen molar-refractivity contribution < 1.29 is 65.5 Å². The highest BCUT2D eigenvalue weighted by Gasteiger charge is 2.52. The number of phosphoric acid groups is 2. The lowest BCUT2D eigenvalue weighted by Gasteiger charge is -2.31. The van der Waals surface area contributed by atoms with Crippen LogP contribution in [0.25, 0.3) is 0 Å². The van der Waals surface area contributed by atoms with E-state index in [2.05, 4.69) is 8.83 Å². The van der Waals surface area contributed by atoms with Gasteiger partial charge < -0.3 is 42.5 Å². The van der Waals surface area contributed by atoms with Crippen LogP contribution in [0.2, 0.25) is 0 Å². The van der Waals surface area contributed by atoms with Gasteiger partial charge >= 0.3 is 18.0 Å². The molecule has 248 valence electrons. The number of hydrogen-bond acceptors (Lipinski definition) is 16. The number of carbonyl (C=O) groups excluding carboxylic acids is 2. The minimum atomic E-state index is -5.67. The SMILES string of the molecule is CCCOP(=O)([O-])OP(=O)([O-])OC[C@H]1O[C@@H](n2ccc(=O)[nH]c2=O)C(OC(=O)Oc2ccccc2)[C@H]1OC(=O)Oc1ccccc1. The molecular formula is C26H26N2O16P2-2. The summed E-state index contributed by atoms with van der Waals surface area (Å²) in [5, 5.41) is 0. The molecule has 1 fully saturated rings. The van der Waals surface area contributed by atoms with Gasteiger partial charge in [0.15, 0.2) is 18.4 Å². The molecule has 4 rings (SSSR count). The van der Waals surface area contributed by atoms with Crippen molar-refractivity contribution in [2.45, 2.75) is 37.9 Å². The van der Waals surface area contributed by atoms with Gasteiger partial charge in [0.2, 0.25) is 0 Å². The third-order valence-electron chi connectivity index (χ3n) is 5.81. The van der Waals surface area contributed by atoms with Gasteiger partial charge in [0.25, 0.3) is 21.2 Å². The van der Waals surface area contributed by atoms with Gasteiger partial charge in [0.05, 0.1) is 13.2 Å². The first-order valence-electron chi connectivity index (χ1n) is 13.3. The normalized spacial score (nSPS) is 21.8. The molecule has 1 N–H and O–H groups in total. The van der Waals surface area contributed by atoms with E-state index in [9.17, 15) is 38.1 Å². The van der Waals surface area contributed by atoms with Gasteiger partial charge in [-0.2, -0.15) is 0 Å². The zero-order valence-electron chi connectivity index (χ0n) is 23.7. The molecule has 1 aliphatic heterocycles. The minimum Gasteiger partial charge on any atom is -0.756 e. The number of aromatic amines is 1. The number of ether oxygens (including phenoxy) is 5. The number of benzene rings is 2. The first-order chi connectivity index (χ1) is 21.9. The van der Waals surface area contributed by atoms with E-state index in [1.807, 2.05) is 4.98 Å². The Balaban J connectivity index is 1.64. The molecule has 0 radical (unpaired) electrons. The standard InChI is InChI=1S/C26H28N2O16P2/c1-2-15-37-45(33,34)44-46(35,36)38-16-19-21(42-25(31)39-17-9-5-3-6-10-17)22(43-26(32)40-18-11-7-4-8-12-18)23(41-19)28-14-13-20(29)27-24(28)30/h3-14,19,21-23H,2,15-16H2,1H3,(H,33,34)(H,35,36)(H,27,29,30)/p-2/t19-,21+,22?,23-/m1/s1. The van der Waals surface area contributed by atoms with Crippen molar-refractivity contribution in [3.05, 3.63) is 93.8 Å². The summed E-state index contributed by atoms with van der Waals surface area (Å²) in [5.41, 5.74) is -1.86.